The van der Waals surface area contributed by atoms with Gasteiger partial charge in [0.2, 0.25) is 0 Å². The van der Waals surface area contributed by atoms with E-state index in [4.69, 9.17) is 4.74 Å². The van der Waals surface area contributed by atoms with Crippen LogP contribution in [-0.2, 0) is 19.6 Å². The zero-order valence-corrected chi connectivity index (χ0v) is 12.6. The predicted octanol–water partition coefficient (Wildman–Crippen LogP) is 2.41. The number of benzene rings is 2. The van der Waals surface area contributed by atoms with E-state index in [9.17, 15) is 13.2 Å². The summed E-state index contributed by atoms with van der Waals surface area (Å²) in [6.07, 6.45) is 0. The molecule has 22 heavy (non-hydrogen) atoms. The Bertz CT molecular complexity index is 870. The molecular formula is C16H13NO4S. The molecule has 112 valence electrons. The lowest BCUT2D eigenvalue weighted by Gasteiger charge is -2.06. The fourth-order valence-electron chi connectivity index (χ4n) is 2.32. The summed E-state index contributed by atoms with van der Waals surface area (Å²) in [6.45, 7) is 1.81. The summed E-state index contributed by atoms with van der Waals surface area (Å²) in [5, 5.41) is 0. The number of nitrogens with zero attached hydrogens (tertiary/aromatic N) is 1. The van der Waals surface area contributed by atoms with Gasteiger partial charge < -0.3 is 4.74 Å². The molecule has 0 aromatic heterocycles. The fourth-order valence-corrected chi connectivity index (χ4v) is 3.50. The minimum Gasteiger partial charge on any atom is -0.461 e. The lowest BCUT2D eigenvalue weighted by Crippen LogP contribution is -2.17. The summed E-state index contributed by atoms with van der Waals surface area (Å²) < 4.78 is 32.5. The second-order valence-corrected chi connectivity index (χ2v) is 6.28. The lowest BCUT2D eigenvalue weighted by atomic mass is 10.0. The van der Waals surface area contributed by atoms with Gasteiger partial charge in [-0.3, -0.25) is 0 Å². The summed E-state index contributed by atoms with van der Waals surface area (Å²) in [6, 6.07) is 14.3. The Balaban J connectivity index is 2.14. The van der Waals surface area contributed by atoms with Crippen molar-refractivity contribution < 1.29 is 17.9 Å². The molecule has 6 heteroatoms. The first-order chi connectivity index (χ1) is 10.5. The van der Waals surface area contributed by atoms with E-state index in [1.807, 2.05) is 30.3 Å². The number of carbonyl (C=O) groups excluding carboxylic acids is 1. The molecule has 5 nitrogen and oxygen atoms in total. The molecule has 0 aliphatic carbocycles. The van der Waals surface area contributed by atoms with Crippen LogP contribution in [0.2, 0.25) is 0 Å². The first-order valence-corrected chi connectivity index (χ1v) is 8.19. The quantitative estimate of drug-likeness (QED) is 0.815. The highest BCUT2D eigenvalue weighted by Gasteiger charge is 2.33. The highest BCUT2D eigenvalue weighted by molar-refractivity contribution is 7.90. The van der Waals surface area contributed by atoms with Gasteiger partial charge in [-0.15, -0.1) is 0 Å². The molecule has 1 aliphatic heterocycles. The second-order valence-electron chi connectivity index (χ2n) is 4.71. The molecule has 0 saturated carbocycles. The molecule has 0 bridgehead atoms. The molecule has 0 atom stereocenters. The van der Waals surface area contributed by atoms with Gasteiger partial charge in [-0.25, -0.2) is 4.79 Å². The van der Waals surface area contributed by atoms with Crippen LogP contribution in [-0.4, -0.2) is 26.7 Å². The Morgan fingerprint density at radius 3 is 2.50 bits per heavy atom. The van der Waals surface area contributed by atoms with Crippen LogP contribution in [0, 0.1) is 0 Å². The van der Waals surface area contributed by atoms with E-state index in [-0.39, 0.29) is 17.2 Å². The number of esters is 1. The van der Waals surface area contributed by atoms with E-state index in [2.05, 4.69) is 4.40 Å². The molecule has 0 N–H and O–H groups in total. The molecule has 0 unspecified atom stereocenters. The highest BCUT2D eigenvalue weighted by Crippen LogP contribution is 2.31. The highest BCUT2D eigenvalue weighted by atomic mass is 32.2. The van der Waals surface area contributed by atoms with Crippen molar-refractivity contribution in [3.05, 3.63) is 54.1 Å². The van der Waals surface area contributed by atoms with Gasteiger partial charge in [0.1, 0.15) is 0 Å². The van der Waals surface area contributed by atoms with Crippen molar-refractivity contribution in [2.45, 2.75) is 11.8 Å². The zero-order valence-electron chi connectivity index (χ0n) is 11.8. The standard InChI is InChI=1S/C16H13NO4S/c1-2-21-16(18)15-13-10-12(11-6-4-3-5-7-11)8-9-14(13)22(19,20)17-15/h3-10H,2H2,1H3. The van der Waals surface area contributed by atoms with Crippen molar-refractivity contribution in [2.24, 2.45) is 4.40 Å². The summed E-state index contributed by atoms with van der Waals surface area (Å²) in [4.78, 5) is 12.0. The van der Waals surface area contributed by atoms with Gasteiger partial charge in [0.05, 0.1) is 11.5 Å². The van der Waals surface area contributed by atoms with Crippen LogP contribution < -0.4 is 0 Å². The Kier molecular flexibility index (Phi) is 3.54. The maximum absolute atomic E-state index is 12.0. The summed E-state index contributed by atoms with van der Waals surface area (Å²) >= 11 is 0. The van der Waals surface area contributed by atoms with E-state index in [0.717, 1.165) is 11.1 Å². The van der Waals surface area contributed by atoms with Gasteiger partial charge in [0.25, 0.3) is 10.0 Å². The summed E-state index contributed by atoms with van der Waals surface area (Å²) in [5.74, 6) is -0.727. The third-order valence-electron chi connectivity index (χ3n) is 3.30. The maximum atomic E-state index is 12.0. The van der Waals surface area contributed by atoms with E-state index >= 15 is 0 Å². The number of carbonyl (C=O) groups is 1. The van der Waals surface area contributed by atoms with Crippen LogP contribution in [0.4, 0.5) is 0 Å². The largest absolute Gasteiger partial charge is 0.461 e. The normalized spacial score (nSPS) is 15.0. The van der Waals surface area contributed by atoms with Gasteiger partial charge in [0.15, 0.2) is 5.71 Å². The number of hydrogen-bond donors (Lipinski definition) is 0. The average Bonchev–Trinajstić information content (AvgIpc) is 2.80. The van der Waals surface area contributed by atoms with Gasteiger partial charge in [-0.05, 0) is 30.2 Å². The number of rotatable bonds is 3. The number of ether oxygens (including phenoxy) is 1. The third kappa shape index (κ3) is 2.42. The Labute approximate surface area is 128 Å². The van der Waals surface area contributed by atoms with Crippen LogP contribution in [0.3, 0.4) is 0 Å². The summed E-state index contributed by atoms with van der Waals surface area (Å²) in [7, 11) is -3.83. The smallest absolute Gasteiger partial charge is 0.358 e. The fraction of sp³-hybridized carbons (Fsp3) is 0.125. The predicted molar refractivity (Wildman–Crippen MR) is 82.2 cm³/mol. The number of sulfonamides is 1. The van der Waals surface area contributed by atoms with Crippen molar-refractivity contribution >= 4 is 21.7 Å². The molecular weight excluding hydrogens is 302 g/mol. The number of hydrogen-bond acceptors (Lipinski definition) is 4. The summed E-state index contributed by atoms with van der Waals surface area (Å²) in [5.41, 5.74) is 1.88. The van der Waals surface area contributed by atoms with Crippen molar-refractivity contribution in [3.8, 4) is 11.1 Å². The van der Waals surface area contributed by atoms with Crippen molar-refractivity contribution in [1.29, 1.82) is 0 Å². The third-order valence-corrected chi connectivity index (χ3v) is 4.63. The van der Waals surface area contributed by atoms with Crippen molar-refractivity contribution in [1.82, 2.24) is 0 Å². The molecule has 0 fully saturated rings. The van der Waals surface area contributed by atoms with E-state index in [1.54, 1.807) is 19.1 Å². The minimum absolute atomic E-state index is 0.0373. The van der Waals surface area contributed by atoms with Crippen molar-refractivity contribution in [2.75, 3.05) is 6.61 Å². The first kappa shape index (κ1) is 14.5. The van der Waals surface area contributed by atoms with Crippen LogP contribution in [0.1, 0.15) is 12.5 Å². The lowest BCUT2D eigenvalue weighted by molar-refractivity contribution is -0.134. The molecule has 2 aromatic carbocycles. The number of fused-ring (bicyclic) bond motifs is 1. The minimum atomic E-state index is -3.83. The van der Waals surface area contributed by atoms with Crippen LogP contribution in [0.5, 0.6) is 0 Å². The van der Waals surface area contributed by atoms with Gasteiger partial charge >= 0.3 is 5.97 Å². The van der Waals surface area contributed by atoms with Gasteiger partial charge in [-0.2, -0.15) is 12.8 Å². The molecule has 1 heterocycles. The maximum Gasteiger partial charge on any atom is 0.358 e. The first-order valence-electron chi connectivity index (χ1n) is 6.75. The van der Waals surface area contributed by atoms with Crippen molar-refractivity contribution in [3.63, 3.8) is 0 Å². The second kappa shape index (κ2) is 5.38. The molecule has 0 amide bonds. The molecule has 0 saturated heterocycles. The van der Waals surface area contributed by atoms with Gasteiger partial charge in [0, 0.05) is 5.56 Å². The van der Waals surface area contributed by atoms with E-state index in [1.165, 1.54) is 6.07 Å². The topological polar surface area (TPSA) is 72.8 Å². The van der Waals surface area contributed by atoms with E-state index < -0.39 is 16.0 Å². The molecule has 1 aliphatic rings. The zero-order chi connectivity index (χ0) is 15.7. The monoisotopic (exact) mass is 315 g/mol. The molecule has 2 aromatic rings. The van der Waals surface area contributed by atoms with E-state index in [0.29, 0.717) is 5.56 Å². The Hall–Kier alpha value is -2.47. The molecule has 3 rings (SSSR count). The van der Waals surface area contributed by atoms with Crippen LogP contribution >= 0.6 is 0 Å². The molecule has 0 spiro atoms. The van der Waals surface area contributed by atoms with Gasteiger partial charge in [-0.1, -0.05) is 36.4 Å². The Morgan fingerprint density at radius 1 is 1.09 bits per heavy atom. The SMILES string of the molecule is CCOC(=O)C1=NS(=O)(=O)c2ccc(-c3ccccc3)cc21. The Morgan fingerprint density at radius 2 is 1.82 bits per heavy atom. The average molecular weight is 315 g/mol. The van der Waals surface area contributed by atoms with Crippen LogP contribution in [0.15, 0.2) is 57.8 Å². The van der Waals surface area contributed by atoms with Crippen LogP contribution in [0.25, 0.3) is 11.1 Å². The molecule has 0 radical (unpaired) electrons.